The minimum Gasteiger partial charge on any atom is -0.463 e. The van der Waals surface area contributed by atoms with Gasteiger partial charge >= 0.3 is 23.9 Å². The Balaban J connectivity index is 3.04. The maximum atomic E-state index is 11.2. The summed E-state index contributed by atoms with van der Waals surface area (Å²) in [6.45, 7) is 4.08. The molecule has 0 amide bonds. The van der Waals surface area contributed by atoms with E-state index in [4.69, 9.17) is 23.7 Å². The maximum absolute atomic E-state index is 11.2. The van der Waals surface area contributed by atoms with Gasteiger partial charge in [0.2, 0.25) is 6.29 Å². The van der Waals surface area contributed by atoms with E-state index in [9.17, 15) is 24.3 Å². The van der Waals surface area contributed by atoms with Gasteiger partial charge < -0.3 is 28.8 Å². The zero-order chi connectivity index (χ0) is 18.4. The fourth-order valence-corrected chi connectivity index (χ4v) is 2.14. The lowest BCUT2D eigenvalue weighted by Crippen LogP contribution is -2.62. The first-order valence-corrected chi connectivity index (χ1v) is 7.10. The predicted molar refractivity (Wildman–Crippen MR) is 74.2 cm³/mol. The molecule has 0 radical (unpaired) electrons. The lowest BCUT2D eigenvalue weighted by molar-refractivity contribution is -0.298. The lowest BCUT2D eigenvalue weighted by Gasteiger charge is -2.42. The van der Waals surface area contributed by atoms with Crippen LogP contribution in [0.3, 0.4) is 0 Å². The second-order valence-corrected chi connectivity index (χ2v) is 5.09. The number of rotatable bonds is 5. The molecule has 2 unspecified atom stereocenters. The summed E-state index contributed by atoms with van der Waals surface area (Å²) < 4.78 is 25.0. The van der Waals surface area contributed by atoms with Crippen LogP contribution >= 0.6 is 0 Å². The fraction of sp³-hybridized carbons (Fsp3) is 0.714. The smallest absolute Gasteiger partial charge is 0.305 e. The third-order valence-electron chi connectivity index (χ3n) is 2.95. The summed E-state index contributed by atoms with van der Waals surface area (Å²) in [5, 5.41) is 10.4. The van der Waals surface area contributed by atoms with Crippen LogP contribution in [-0.4, -0.2) is 66.3 Å². The van der Waals surface area contributed by atoms with Crippen LogP contribution < -0.4 is 0 Å². The van der Waals surface area contributed by atoms with Crippen molar-refractivity contribution < 1.29 is 48.0 Å². The SMILES string of the molecule is CC(=O)OCC1O[C@H](OC(C)=O)C(OC(C)=O)[C@H](O)[C@@H]1OC(C)=O. The van der Waals surface area contributed by atoms with E-state index in [1.165, 1.54) is 0 Å². The van der Waals surface area contributed by atoms with Gasteiger partial charge in [-0.25, -0.2) is 0 Å². The highest BCUT2D eigenvalue weighted by atomic mass is 16.7. The Bertz CT molecular complexity index is 500. The number of hydrogen-bond donors (Lipinski definition) is 1. The van der Waals surface area contributed by atoms with E-state index in [-0.39, 0.29) is 6.61 Å². The van der Waals surface area contributed by atoms with Crippen molar-refractivity contribution in [2.75, 3.05) is 6.61 Å². The van der Waals surface area contributed by atoms with Crippen molar-refractivity contribution in [3.63, 3.8) is 0 Å². The summed E-state index contributed by atoms with van der Waals surface area (Å²) in [7, 11) is 0. The second kappa shape index (κ2) is 8.60. The van der Waals surface area contributed by atoms with Crippen molar-refractivity contribution in [1.82, 2.24) is 0 Å². The molecule has 0 aromatic carbocycles. The van der Waals surface area contributed by atoms with Crippen LogP contribution in [0.5, 0.6) is 0 Å². The van der Waals surface area contributed by atoms with Gasteiger partial charge in [-0.3, -0.25) is 19.2 Å². The molecule has 24 heavy (non-hydrogen) atoms. The van der Waals surface area contributed by atoms with Crippen molar-refractivity contribution in [3.05, 3.63) is 0 Å². The molecule has 0 aliphatic carbocycles. The minimum absolute atomic E-state index is 0.366. The molecule has 0 aromatic rings. The average molecular weight is 348 g/mol. The Labute approximate surface area is 137 Å². The highest BCUT2D eigenvalue weighted by Gasteiger charge is 2.50. The predicted octanol–water partition coefficient (Wildman–Crippen LogP) is -0.938. The van der Waals surface area contributed by atoms with E-state index in [0.29, 0.717) is 0 Å². The van der Waals surface area contributed by atoms with Crippen LogP contribution in [0.15, 0.2) is 0 Å². The van der Waals surface area contributed by atoms with E-state index in [0.717, 1.165) is 27.7 Å². The molecule has 1 N–H and O–H groups in total. The van der Waals surface area contributed by atoms with Gasteiger partial charge in [-0.15, -0.1) is 0 Å². The molecule has 0 spiro atoms. The van der Waals surface area contributed by atoms with Gasteiger partial charge in [-0.1, -0.05) is 0 Å². The number of aliphatic hydroxyl groups excluding tert-OH is 1. The van der Waals surface area contributed by atoms with Crippen LogP contribution in [0.2, 0.25) is 0 Å². The third-order valence-corrected chi connectivity index (χ3v) is 2.95. The number of ether oxygens (including phenoxy) is 5. The zero-order valence-electron chi connectivity index (χ0n) is 13.7. The lowest BCUT2D eigenvalue weighted by atomic mass is 9.98. The topological polar surface area (TPSA) is 135 Å². The van der Waals surface area contributed by atoms with Crippen molar-refractivity contribution in [2.24, 2.45) is 0 Å². The van der Waals surface area contributed by atoms with Crippen molar-refractivity contribution >= 4 is 23.9 Å². The highest BCUT2D eigenvalue weighted by Crippen LogP contribution is 2.27. The molecule has 0 aromatic heterocycles. The van der Waals surface area contributed by atoms with Gasteiger partial charge in [-0.2, -0.15) is 0 Å². The third kappa shape index (κ3) is 5.78. The first-order chi connectivity index (χ1) is 11.1. The molecule has 0 saturated carbocycles. The van der Waals surface area contributed by atoms with Gasteiger partial charge in [-0.05, 0) is 0 Å². The Morgan fingerprint density at radius 2 is 1.33 bits per heavy atom. The van der Waals surface area contributed by atoms with Crippen molar-refractivity contribution in [2.45, 2.75) is 58.4 Å². The molecule has 1 rings (SSSR count). The standard InChI is InChI=1S/C14H20O10/c1-6(15)20-5-10-12(21-7(2)16)11(19)13(22-8(3)17)14(24-10)23-9(4)18/h10-14,19H,5H2,1-4H3/t10?,11-,12-,13?,14+/m1/s1. The largest absolute Gasteiger partial charge is 0.463 e. The Kier molecular flexibility index (Phi) is 7.11. The summed E-state index contributed by atoms with van der Waals surface area (Å²) >= 11 is 0. The summed E-state index contributed by atoms with van der Waals surface area (Å²) in [5.74, 6) is -2.87. The molecule has 10 heteroatoms. The summed E-state index contributed by atoms with van der Waals surface area (Å²) in [4.78, 5) is 44.6. The molecule has 10 nitrogen and oxygen atoms in total. The number of aliphatic hydroxyl groups is 1. The quantitative estimate of drug-likeness (QED) is 0.490. The molecule has 1 aliphatic rings. The van der Waals surface area contributed by atoms with Crippen LogP contribution in [0.1, 0.15) is 27.7 Å². The van der Waals surface area contributed by atoms with Crippen LogP contribution in [0, 0.1) is 0 Å². The summed E-state index contributed by atoms with van der Waals surface area (Å²) in [6, 6.07) is 0. The molecule has 1 aliphatic heterocycles. The van der Waals surface area contributed by atoms with Gasteiger partial charge in [0, 0.05) is 27.7 Å². The van der Waals surface area contributed by atoms with Gasteiger partial charge in [0.05, 0.1) is 0 Å². The van der Waals surface area contributed by atoms with Crippen LogP contribution in [0.4, 0.5) is 0 Å². The second-order valence-electron chi connectivity index (χ2n) is 5.09. The average Bonchev–Trinajstić information content (AvgIpc) is 2.42. The first kappa shape index (κ1) is 19.8. The van der Waals surface area contributed by atoms with Crippen molar-refractivity contribution in [1.29, 1.82) is 0 Å². The number of carbonyl (C=O) groups excluding carboxylic acids is 4. The normalized spacial score (nSPS) is 29.3. The molecule has 0 bridgehead atoms. The molecular formula is C14H20O10. The van der Waals surface area contributed by atoms with Gasteiger partial charge in [0.15, 0.2) is 12.2 Å². The Morgan fingerprint density at radius 3 is 1.79 bits per heavy atom. The molecule has 136 valence electrons. The Hall–Kier alpha value is -2.20. The summed E-state index contributed by atoms with van der Waals surface area (Å²) in [6.07, 6.45) is -6.84. The molecule has 5 atom stereocenters. The van der Waals surface area contributed by atoms with Crippen LogP contribution in [0.25, 0.3) is 0 Å². The van der Waals surface area contributed by atoms with E-state index in [2.05, 4.69) is 0 Å². The highest BCUT2D eigenvalue weighted by molar-refractivity contribution is 5.68. The van der Waals surface area contributed by atoms with E-state index in [1.807, 2.05) is 0 Å². The number of esters is 4. The molecular weight excluding hydrogens is 328 g/mol. The van der Waals surface area contributed by atoms with E-state index < -0.39 is 54.6 Å². The summed E-state index contributed by atoms with van der Waals surface area (Å²) in [5.41, 5.74) is 0. The number of carbonyl (C=O) groups is 4. The van der Waals surface area contributed by atoms with E-state index in [1.54, 1.807) is 0 Å². The Morgan fingerprint density at radius 1 is 0.833 bits per heavy atom. The molecule has 1 saturated heterocycles. The monoisotopic (exact) mass is 348 g/mol. The molecule has 1 fully saturated rings. The van der Waals surface area contributed by atoms with E-state index >= 15 is 0 Å². The van der Waals surface area contributed by atoms with Gasteiger partial charge in [0.1, 0.15) is 18.8 Å². The van der Waals surface area contributed by atoms with Crippen LogP contribution in [-0.2, 0) is 42.9 Å². The minimum atomic E-state index is -1.56. The number of hydrogen-bond acceptors (Lipinski definition) is 10. The van der Waals surface area contributed by atoms with Crippen molar-refractivity contribution in [3.8, 4) is 0 Å². The molecule has 1 heterocycles. The van der Waals surface area contributed by atoms with Gasteiger partial charge in [0.25, 0.3) is 0 Å². The first-order valence-electron chi connectivity index (χ1n) is 7.10. The maximum Gasteiger partial charge on any atom is 0.305 e. The zero-order valence-corrected chi connectivity index (χ0v) is 13.7. The fourth-order valence-electron chi connectivity index (χ4n) is 2.14.